The summed E-state index contributed by atoms with van der Waals surface area (Å²) >= 11 is 0. The highest BCUT2D eigenvalue weighted by atomic mass is 16.6. The summed E-state index contributed by atoms with van der Waals surface area (Å²) in [5.74, 6) is 0.217. The predicted molar refractivity (Wildman–Crippen MR) is 68.7 cm³/mol. The monoisotopic (exact) mass is 245 g/mol. The summed E-state index contributed by atoms with van der Waals surface area (Å²) in [6.07, 6.45) is 0. The van der Waals surface area contributed by atoms with E-state index in [4.69, 9.17) is 4.74 Å². The Morgan fingerprint density at radius 1 is 1.28 bits per heavy atom. The molecule has 4 heteroatoms. The summed E-state index contributed by atoms with van der Waals surface area (Å²) in [4.78, 5) is 15.4. The molecule has 0 amide bonds. The van der Waals surface area contributed by atoms with Crippen LogP contribution in [0.3, 0.4) is 0 Å². The van der Waals surface area contributed by atoms with Crippen molar-refractivity contribution < 1.29 is 14.3 Å². The minimum atomic E-state index is -0.400. The number of benzene rings is 1. The summed E-state index contributed by atoms with van der Waals surface area (Å²) in [5, 5.41) is 1.09. The molecule has 0 aliphatic rings. The lowest BCUT2D eigenvalue weighted by Gasteiger charge is -2.07. The molecule has 1 aromatic carbocycles. The molecule has 1 heterocycles. The van der Waals surface area contributed by atoms with Gasteiger partial charge in [0.1, 0.15) is 5.75 Å². The zero-order valence-corrected chi connectivity index (χ0v) is 10.7. The van der Waals surface area contributed by atoms with E-state index in [1.807, 2.05) is 38.1 Å². The van der Waals surface area contributed by atoms with Crippen LogP contribution in [0.1, 0.15) is 11.3 Å². The fraction of sp³-hybridized carbons (Fsp3) is 0.286. The van der Waals surface area contributed by atoms with Gasteiger partial charge in [0.2, 0.25) is 0 Å². The number of aryl methyl sites for hydroxylation is 2. The van der Waals surface area contributed by atoms with E-state index in [2.05, 4.69) is 9.72 Å². The number of methoxy groups -OCH3 is 1. The Bertz CT molecular complexity index is 593. The molecule has 0 saturated carbocycles. The topological polar surface area (TPSA) is 48.4 Å². The third kappa shape index (κ3) is 2.59. The molecule has 0 fully saturated rings. The predicted octanol–water partition coefficient (Wildman–Crippen LogP) is 2.40. The maximum Gasteiger partial charge on any atom is 0.343 e. The Morgan fingerprint density at radius 3 is 2.78 bits per heavy atom. The molecular weight excluding hydrogens is 230 g/mol. The highest BCUT2D eigenvalue weighted by Gasteiger charge is 2.05. The van der Waals surface area contributed by atoms with Crippen molar-refractivity contribution in [3.63, 3.8) is 0 Å². The number of esters is 1. The van der Waals surface area contributed by atoms with Crippen LogP contribution in [0.15, 0.2) is 24.3 Å². The van der Waals surface area contributed by atoms with E-state index in [-0.39, 0.29) is 6.61 Å². The fourth-order valence-electron chi connectivity index (χ4n) is 1.84. The minimum absolute atomic E-state index is 0.0905. The van der Waals surface area contributed by atoms with Gasteiger partial charge in [0, 0.05) is 17.1 Å². The third-order valence-electron chi connectivity index (χ3n) is 2.70. The first-order chi connectivity index (χ1) is 8.60. The molecule has 94 valence electrons. The van der Waals surface area contributed by atoms with E-state index in [0.717, 1.165) is 16.6 Å². The molecule has 0 bridgehead atoms. The normalized spacial score (nSPS) is 10.4. The van der Waals surface area contributed by atoms with Crippen LogP contribution in [0.2, 0.25) is 0 Å². The molecule has 0 spiro atoms. The molecule has 0 atom stereocenters. The molecule has 0 unspecified atom stereocenters. The van der Waals surface area contributed by atoms with E-state index >= 15 is 0 Å². The van der Waals surface area contributed by atoms with Gasteiger partial charge in [-0.05, 0) is 37.6 Å². The maximum absolute atomic E-state index is 11.0. The van der Waals surface area contributed by atoms with E-state index in [1.165, 1.54) is 12.7 Å². The Morgan fingerprint density at radius 2 is 2.06 bits per heavy atom. The van der Waals surface area contributed by atoms with Gasteiger partial charge in [-0.15, -0.1) is 0 Å². The highest BCUT2D eigenvalue weighted by Crippen LogP contribution is 2.22. The Labute approximate surface area is 106 Å². The van der Waals surface area contributed by atoms with Crippen molar-refractivity contribution in [3.05, 3.63) is 35.5 Å². The first-order valence-electron chi connectivity index (χ1n) is 5.68. The lowest BCUT2D eigenvalue weighted by atomic mass is 10.1. The van der Waals surface area contributed by atoms with Crippen molar-refractivity contribution in [2.45, 2.75) is 13.8 Å². The summed E-state index contributed by atoms with van der Waals surface area (Å²) < 4.78 is 9.85. The number of hydrogen-bond acceptors (Lipinski definition) is 4. The maximum atomic E-state index is 11.0. The second-order valence-electron chi connectivity index (χ2n) is 4.12. The number of carbonyl (C=O) groups is 1. The van der Waals surface area contributed by atoms with E-state index in [0.29, 0.717) is 5.75 Å². The summed E-state index contributed by atoms with van der Waals surface area (Å²) in [7, 11) is 1.33. The van der Waals surface area contributed by atoms with Crippen LogP contribution in [0.5, 0.6) is 5.75 Å². The van der Waals surface area contributed by atoms with Gasteiger partial charge in [-0.3, -0.25) is 4.98 Å². The molecular formula is C14H15NO3. The van der Waals surface area contributed by atoms with Crippen LogP contribution in [-0.4, -0.2) is 24.7 Å². The number of hydrogen-bond donors (Lipinski definition) is 0. The SMILES string of the molecule is COC(=O)COc1ccc2c(C)cc(C)nc2c1. The standard InChI is InChI=1S/C14H15NO3/c1-9-6-10(2)15-13-7-11(4-5-12(9)13)18-8-14(16)17-3/h4-7H,8H2,1-3H3. The molecule has 2 rings (SSSR count). The van der Waals surface area contributed by atoms with Crippen molar-refractivity contribution in [1.82, 2.24) is 4.98 Å². The Hall–Kier alpha value is -2.10. The number of fused-ring (bicyclic) bond motifs is 1. The fourth-order valence-corrected chi connectivity index (χ4v) is 1.84. The van der Waals surface area contributed by atoms with Gasteiger partial charge in [-0.2, -0.15) is 0 Å². The average Bonchev–Trinajstić information content (AvgIpc) is 2.35. The van der Waals surface area contributed by atoms with Crippen molar-refractivity contribution in [1.29, 1.82) is 0 Å². The average molecular weight is 245 g/mol. The van der Waals surface area contributed by atoms with Crippen LogP contribution >= 0.6 is 0 Å². The Kier molecular flexibility index (Phi) is 3.46. The van der Waals surface area contributed by atoms with Crippen molar-refractivity contribution in [2.75, 3.05) is 13.7 Å². The van der Waals surface area contributed by atoms with E-state index < -0.39 is 5.97 Å². The lowest BCUT2D eigenvalue weighted by Crippen LogP contribution is -2.12. The number of rotatable bonds is 3. The van der Waals surface area contributed by atoms with Crippen LogP contribution in [-0.2, 0) is 9.53 Å². The van der Waals surface area contributed by atoms with Crippen molar-refractivity contribution in [2.24, 2.45) is 0 Å². The molecule has 2 aromatic rings. The van der Waals surface area contributed by atoms with Gasteiger partial charge >= 0.3 is 5.97 Å². The number of ether oxygens (including phenoxy) is 2. The second-order valence-corrected chi connectivity index (χ2v) is 4.12. The van der Waals surface area contributed by atoms with Crippen LogP contribution in [0, 0.1) is 13.8 Å². The molecule has 4 nitrogen and oxygen atoms in total. The smallest absolute Gasteiger partial charge is 0.343 e. The van der Waals surface area contributed by atoms with Crippen molar-refractivity contribution >= 4 is 16.9 Å². The number of aromatic nitrogens is 1. The Balaban J connectivity index is 2.29. The molecule has 18 heavy (non-hydrogen) atoms. The van der Waals surface area contributed by atoms with E-state index in [9.17, 15) is 4.79 Å². The van der Waals surface area contributed by atoms with Crippen LogP contribution < -0.4 is 4.74 Å². The highest BCUT2D eigenvalue weighted by molar-refractivity contribution is 5.83. The zero-order valence-electron chi connectivity index (χ0n) is 10.7. The first-order valence-corrected chi connectivity index (χ1v) is 5.68. The minimum Gasteiger partial charge on any atom is -0.482 e. The van der Waals surface area contributed by atoms with E-state index in [1.54, 1.807) is 0 Å². The third-order valence-corrected chi connectivity index (χ3v) is 2.70. The zero-order chi connectivity index (χ0) is 13.1. The number of pyridine rings is 1. The quantitative estimate of drug-likeness (QED) is 0.779. The summed E-state index contributed by atoms with van der Waals surface area (Å²) in [6.45, 7) is 3.91. The molecule has 0 aliphatic heterocycles. The second kappa shape index (κ2) is 5.04. The summed E-state index contributed by atoms with van der Waals surface area (Å²) in [5.41, 5.74) is 3.01. The molecule has 0 aliphatic carbocycles. The lowest BCUT2D eigenvalue weighted by molar-refractivity contribution is -0.142. The number of nitrogens with zero attached hydrogens (tertiary/aromatic N) is 1. The van der Waals surface area contributed by atoms with Gasteiger partial charge in [0.15, 0.2) is 6.61 Å². The molecule has 0 radical (unpaired) electrons. The van der Waals surface area contributed by atoms with Gasteiger partial charge in [0.25, 0.3) is 0 Å². The van der Waals surface area contributed by atoms with Crippen LogP contribution in [0.25, 0.3) is 10.9 Å². The largest absolute Gasteiger partial charge is 0.482 e. The van der Waals surface area contributed by atoms with Gasteiger partial charge in [0.05, 0.1) is 12.6 Å². The molecule has 1 aromatic heterocycles. The van der Waals surface area contributed by atoms with Gasteiger partial charge < -0.3 is 9.47 Å². The van der Waals surface area contributed by atoms with Crippen molar-refractivity contribution in [3.8, 4) is 5.75 Å². The number of carbonyl (C=O) groups excluding carboxylic acids is 1. The van der Waals surface area contributed by atoms with Crippen LogP contribution in [0.4, 0.5) is 0 Å². The molecule has 0 N–H and O–H groups in total. The molecule has 0 saturated heterocycles. The first kappa shape index (κ1) is 12.4. The summed E-state index contributed by atoms with van der Waals surface area (Å²) in [6, 6.07) is 7.65. The van der Waals surface area contributed by atoms with Gasteiger partial charge in [-0.25, -0.2) is 4.79 Å². The van der Waals surface area contributed by atoms with Gasteiger partial charge in [-0.1, -0.05) is 0 Å².